The second-order valence-electron chi connectivity index (χ2n) is 6.71. The van der Waals surface area contributed by atoms with Gasteiger partial charge in [-0.25, -0.2) is 4.99 Å². The van der Waals surface area contributed by atoms with Gasteiger partial charge in [0.15, 0.2) is 5.96 Å². The summed E-state index contributed by atoms with van der Waals surface area (Å²) in [7, 11) is 0. The molecule has 2 aromatic rings. The first-order chi connectivity index (χ1) is 12.3. The third kappa shape index (κ3) is 6.63. The van der Waals surface area contributed by atoms with Crippen LogP contribution in [0.4, 0.5) is 0 Å². The first-order valence-electron chi connectivity index (χ1n) is 9.43. The molecule has 1 saturated carbocycles. The minimum absolute atomic E-state index is 0. The maximum absolute atomic E-state index is 4.74. The summed E-state index contributed by atoms with van der Waals surface area (Å²) in [5.41, 5.74) is 2.39. The van der Waals surface area contributed by atoms with Crippen molar-refractivity contribution in [3.8, 4) is 0 Å². The molecule has 0 aliphatic heterocycles. The Morgan fingerprint density at radius 3 is 2.65 bits per heavy atom. The Morgan fingerprint density at radius 1 is 1.15 bits per heavy atom. The lowest BCUT2D eigenvalue weighted by Gasteiger charge is -2.24. The normalized spacial score (nSPS) is 15.3. The van der Waals surface area contributed by atoms with E-state index in [0.717, 1.165) is 24.6 Å². The minimum Gasteiger partial charge on any atom is -0.357 e. The van der Waals surface area contributed by atoms with E-state index in [1.165, 1.54) is 37.7 Å². The van der Waals surface area contributed by atoms with E-state index in [4.69, 9.17) is 4.99 Å². The van der Waals surface area contributed by atoms with Gasteiger partial charge < -0.3 is 10.6 Å². The van der Waals surface area contributed by atoms with E-state index in [0.29, 0.717) is 12.6 Å². The highest BCUT2D eigenvalue weighted by Crippen LogP contribution is 2.17. The summed E-state index contributed by atoms with van der Waals surface area (Å²) in [6.07, 6.45) is 10.5. The van der Waals surface area contributed by atoms with Gasteiger partial charge in [0.2, 0.25) is 0 Å². The highest BCUT2D eigenvalue weighted by molar-refractivity contribution is 14.0. The Bertz CT molecular complexity index is 662. The molecule has 1 fully saturated rings. The van der Waals surface area contributed by atoms with Gasteiger partial charge in [0.25, 0.3) is 0 Å². The van der Waals surface area contributed by atoms with E-state index in [1.807, 2.05) is 16.9 Å². The average molecular weight is 467 g/mol. The molecule has 0 radical (unpaired) electrons. The van der Waals surface area contributed by atoms with Gasteiger partial charge in [-0.3, -0.25) is 4.68 Å². The molecule has 1 aliphatic rings. The monoisotopic (exact) mass is 467 g/mol. The van der Waals surface area contributed by atoms with Crippen LogP contribution in [-0.4, -0.2) is 28.3 Å². The highest BCUT2D eigenvalue weighted by Gasteiger charge is 2.14. The number of aliphatic imine (C=N–C) groups is 1. The number of halogens is 1. The van der Waals surface area contributed by atoms with Crippen molar-refractivity contribution in [2.24, 2.45) is 4.99 Å². The summed E-state index contributed by atoms with van der Waals surface area (Å²) in [5, 5.41) is 11.4. The average Bonchev–Trinajstić information content (AvgIpc) is 3.09. The van der Waals surface area contributed by atoms with Crippen LogP contribution in [0.25, 0.3) is 0 Å². The summed E-state index contributed by atoms with van der Waals surface area (Å²) in [6, 6.07) is 11.0. The molecule has 0 spiro atoms. The molecule has 0 saturated heterocycles. The van der Waals surface area contributed by atoms with Gasteiger partial charge in [-0.1, -0.05) is 49.6 Å². The zero-order valence-corrected chi connectivity index (χ0v) is 17.9. The van der Waals surface area contributed by atoms with Crippen LogP contribution in [0, 0.1) is 0 Å². The summed E-state index contributed by atoms with van der Waals surface area (Å²) in [4.78, 5) is 4.74. The van der Waals surface area contributed by atoms with Crippen molar-refractivity contribution in [1.29, 1.82) is 0 Å². The molecular weight excluding hydrogens is 437 g/mol. The number of nitrogens with one attached hydrogen (secondary N) is 2. The lowest BCUT2D eigenvalue weighted by molar-refractivity contribution is 0.410. The Balaban J connectivity index is 0.00000243. The molecule has 2 N–H and O–H groups in total. The van der Waals surface area contributed by atoms with Gasteiger partial charge in [0.1, 0.15) is 0 Å². The van der Waals surface area contributed by atoms with E-state index in [-0.39, 0.29) is 24.0 Å². The van der Waals surface area contributed by atoms with Crippen LogP contribution in [0.2, 0.25) is 0 Å². The predicted molar refractivity (Wildman–Crippen MR) is 118 cm³/mol. The van der Waals surface area contributed by atoms with Gasteiger partial charge in [0, 0.05) is 24.3 Å². The van der Waals surface area contributed by atoms with Crippen molar-refractivity contribution < 1.29 is 0 Å². The fourth-order valence-electron chi connectivity index (χ4n) is 3.28. The third-order valence-corrected chi connectivity index (χ3v) is 4.58. The van der Waals surface area contributed by atoms with Crippen molar-refractivity contribution in [2.45, 2.75) is 58.2 Å². The summed E-state index contributed by atoms with van der Waals surface area (Å²) in [6.45, 7) is 4.43. The van der Waals surface area contributed by atoms with Crippen molar-refractivity contribution in [2.75, 3.05) is 6.54 Å². The summed E-state index contributed by atoms with van der Waals surface area (Å²) < 4.78 is 1.97. The lowest BCUT2D eigenvalue weighted by Crippen LogP contribution is -2.44. The SMILES string of the molecule is CCNC(=NCc1cnn(Cc2ccccc2)c1)NC1CCCCC1.I. The van der Waals surface area contributed by atoms with Crippen molar-refractivity contribution in [1.82, 2.24) is 20.4 Å². The van der Waals surface area contributed by atoms with E-state index < -0.39 is 0 Å². The Labute approximate surface area is 173 Å². The van der Waals surface area contributed by atoms with Crippen LogP contribution < -0.4 is 10.6 Å². The fraction of sp³-hybridized carbons (Fsp3) is 0.500. The number of aromatic nitrogens is 2. The molecule has 0 bridgehead atoms. The van der Waals surface area contributed by atoms with E-state index in [9.17, 15) is 0 Å². The van der Waals surface area contributed by atoms with Crippen LogP contribution in [0.5, 0.6) is 0 Å². The molecule has 1 aromatic heterocycles. The third-order valence-electron chi connectivity index (χ3n) is 4.58. The quantitative estimate of drug-likeness (QED) is 0.385. The topological polar surface area (TPSA) is 54.2 Å². The van der Waals surface area contributed by atoms with Crippen molar-refractivity contribution in [3.63, 3.8) is 0 Å². The zero-order chi connectivity index (χ0) is 17.3. The molecule has 3 rings (SSSR count). The molecule has 1 heterocycles. The number of guanidine groups is 1. The molecule has 1 aliphatic carbocycles. The van der Waals surface area contributed by atoms with Crippen molar-refractivity contribution in [3.05, 3.63) is 53.9 Å². The smallest absolute Gasteiger partial charge is 0.191 e. The zero-order valence-electron chi connectivity index (χ0n) is 15.5. The van der Waals surface area contributed by atoms with Crippen molar-refractivity contribution >= 4 is 29.9 Å². The first-order valence-corrected chi connectivity index (χ1v) is 9.43. The summed E-state index contributed by atoms with van der Waals surface area (Å²) >= 11 is 0. The molecule has 0 unspecified atom stereocenters. The Hall–Kier alpha value is -1.57. The van der Waals surface area contributed by atoms with E-state index >= 15 is 0 Å². The Morgan fingerprint density at radius 2 is 1.92 bits per heavy atom. The number of nitrogens with zero attached hydrogens (tertiary/aromatic N) is 3. The summed E-state index contributed by atoms with van der Waals surface area (Å²) in [5.74, 6) is 0.921. The number of rotatable bonds is 6. The van der Waals surface area contributed by atoms with Crippen LogP contribution in [0.15, 0.2) is 47.7 Å². The van der Waals surface area contributed by atoms with E-state index in [2.05, 4.69) is 53.1 Å². The molecule has 0 amide bonds. The van der Waals surface area contributed by atoms with Gasteiger partial charge >= 0.3 is 0 Å². The Kier molecular flexibility index (Phi) is 8.94. The van der Waals surface area contributed by atoms with Crippen LogP contribution in [0.3, 0.4) is 0 Å². The molecule has 5 nitrogen and oxygen atoms in total. The molecule has 1 aromatic carbocycles. The van der Waals surface area contributed by atoms with Gasteiger partial charge in [-0.2, -0.15) is 5.10 Å². The molecule has 0 atom stereocenters. The maximum atomic E-state index is 4.74. The standard InChI is InChI=1S/C20H29N5.HI/c1-2-21-20(24-19-11-7-4-8-12-19)22-13-18-14-23-25(16-18)15-17-9-5-3-6-10-17;/h3,5-6,9-10,14,16,19H,2,4,7-8,11-13,15H2,1H3,(H2,21,22,24);1H. The molecular formula is C20H30IN5. The predicted octanol–water partition coefficient (Wildman–Crippen LogP) is 3.94. The number of hydrogen-bond acceptors (Lipinski definition) is 2. The maximum Gasteiger partial charge on any atom is 0.191 e. The molecule has 26 heavy (non-hydrogen) atoms. The minimum atomic E-state index is 0. The van der Waals surface area contributed by atoms with Crippen LogP contribution in [-0.2, 0) is 13.1 Å². The molecule has 142 valence electrons. The number of benzene rings is 1. The van der Waals surface area contributed by atoms with Gasteiger partial charge in [0.05, 0.1) is 19.3 Å². The van der Waals surface area contributed by atoms with Gasteiger partial charge in [-0.15, -0.1) is 24.0 Å². The number of hydrogen-bond donors (Lipinski definition) is 2. The highest BCUT2D eigenvalue weighted by atomic mass is 127. The molecule has 6 heteroatoms. The largest absolute Gasteiger partial charge is 0.357 e. The van der Waals surface area contributed by atoms with E-state index in [1.54, 1.807) is 0 Å². The van der Waals surface area contributed by atoms with Crippen LogP contribution >= 0.6 is 24.0 Å². The fourth-order valence-corrected chi connectivity index (χ4v) is 3.28. The second-order valence-corrected chi connectivity index (χ2v) is 6.71. The first kappa shape index (κ1) is 20.7. The lowest BCUT2D eigenvalue weighted by atomic mass is 9.96. The second kappa shape index (κ2) is 11.2. The van der Waals surface area contributed by atoms with Gasteiger partial charge in [-0.05, 0) is 25.3 Å². The van der Waals surface area contributed by atoms with Crippen LogP contribution in [0.1, 0.15) is 50.2 Å².